The molecule has 8 heteroatoms. The maximum atomic E-state index is 13.3. The molecule has 1 saturated heterocycles. The number of benzene rings is 1. The van der Waals surface area contributed by atoms with E-state index < -0.39 is 11.9 Å². The maximum Gasteiger partial charge on any atom is 0.414 e. The molecular weight excluding hydrogens is 333 g/mol. The van der Waals surface area contributed by atoms with E-state index in [2.05, 4.69) is 18.7 Å². The first-order valence-corrected chi connectivity index (χ1v) is 8.01. The van der Waals surface area contributed by atoms with Crippen LogP contribution in [-0.4, -0.2) is 65.5 Å². The molecule has 1 aliphatic rings. The summed E-state index contributed by atoms with van der Waals surface area (Å²) in [6.45, 7) is 7.62. The largest absolute Gasteiger partial charge is 0.490 e. The Balaban J connectivity index is 0.000000450. The van der Waals surface area contributed by atoms with Gasteiger partial charge in [0.05, 0.1) is 18.8 Å². The number of aliphatic carboxylic acids is 2. The summed E-state index contributed by atoms with van der Waals surface area (Å²) in [6.07, 6.45) is 1.47. The molecule has 1 heterocycles. The van der Waals surface area contributed by atoms with Crippen molar-refractivity contribution in [3.05, 3.63) is 30.1 Å². The van der Waals surface area contributed by atoms with Crippen molar-refractivity contribution in [2.24, 2.45) is 0 Å². The first kappa shape index (κ1) is 20.9. The minimum Gasteiger partial charge on any atom is -0.490 e. The van der Waals surface area contributed by atoms with Crippen LogP contribution in [0.3, 0.4) is 0 Å². The fourth-order valence-corrected chi connectivity index (χ4v) is 2.50. The van der Waals surface area contributed by atoms with Gasteiger partial charge in [-0.2, -0.15) is 0 Å². The normalized spacial score (nSPS) is 20.3. The molecule has 0 aromatic heterocycles. The van der Waals surface area contributed by atoms with Crippen LogP contribution < -0.4 is 4.74 Å². The second-order valence-corrected chi connectivity index (χ2v) is 5.76. The van der Waals surface area contributed by atoms with Crippen LogP contribution in [-0.2, 0) is 14.3 Å². The summed E-state index contributed by atoms with van der Waals surface area (Å²) in [4.78, 5) is 20.6. The van der Waals surface area contributed by atoms with Crippen molar-refractivity contribution in [2.75, 3.05) is 26.2 Å². The molecule has 140 valence electrons. The smallest absolute Gasteiger partial charge is 0.414 e. The molecule has 1 fully saturated rings. The highest BCUT2D eigenvalue weighted by molar-refractivity contribution is 6.27. The highest BCUT2D eigenvalue weighted by atomic mass is 19.1. The van der Waals surface area contributed by atoms with Gasteiger partial charge >= 0.3 is 11.9 Å². The van der Waals surface area contributed by atoms with Crippen molar-refractivity contribution in [1.82, 2.24) is 4.90 Å². The second-order valence-electron chi connectivity index (χ2n) is 5.76. The molecule has 25 heavy (non-hydrogen) atoms. The molecule has 2 N–H and O–H groups in total. The lowest BCUT2D eigenvalue weighted by molar-refractivity contribution is -0.159. The van der Waals surface area contributed by atoms with E-state index in [1.165, 1.54) is 6.07 Å². The molecular formula is C17H24FNO6. The molecule has 0 bridgehead atoms. The van der Waals surface area contributed by atoms with E-state index in [-0.39, 0.29) is 18.0 Å². The molecule has 0 aliphatic carbocycles. The average Bonchev–Trinajstić information content (AvgIpc) is 2.52. The predicted octanol–water partition coefficient (Wildman–Crippen LogP) is 1.86. The highest BCUT2D eigenvalue weighted by Crippen LogP contribution is 2.16. The van der Waals surface area contributed by atoms with Gasteiger partial charge in [-0.05, 0) is 32.4 Å². The van der Waals surface area contributed by atoms with E-state index in [1.54, 1.807) is 18.2 Å². The Labute approximate surface area is 146 Å². The molecule has 2 unspecified atom stereocenters. The van der Waals surface area contributed by atoms with Crippen LogP contribution in [0.1, 0.15) is 20.3 Å². The summed E-state index contributed by atoms with van der Waals surface area (Å²) < 4.78 is 24.5. The van der Waals surface area contributed by atoms with E-state index in [0.717, 1.165) is 26.1 Å². The lowest BCUT2D eigenvalue weighted by Gasteiger charge is -2.35. The standard InChI is InChI=1S/C15H22FNO2.C2H2O4/c1-12-10-17(11-13(2)19-12)8-5-9-18-15-7-4-3-6-14(15)16;3-1(4)2(5)6/h3-4,6-7,12-13H,5,8-11H2,1-2H3;(H,3,4)(H,5,6). The number of carboxylic acids is 2. The van der Waals surface area contributed by atoms with Crippen molar-refractivity contribution in [3.63, 3.8) is 0 Å². The average molecular weight is 357 g/mol. The van der Waals surface area contributed by atoms with Crippen LogP contribution in [0.2, 0.25) is 0 Å². The van der Waals surface area contributed by atoms with Gasteiger partial charge < -0.3 is 19.7 Å². The third-order valence-electron chi connectivity index (χ3n) is 3.39. The maximum absolute atomic E-state index is 13.3. The van der Waals surface area contributed by atoms with Crippen molar-refractivity contribution >= 4 is 11.9 Å². The van der Waals surface area contributed by atoms with Crippen molar-refractivity contribution in [2.45, 2.75) is 32.5 Å². The van der Waals surface area contributed by atoms with Crippen LogP contribution >= 0.6 is 0 Å². The first-order chi connectivity index (χ1) is 11.8. The molecule has 2 atom stereocenters. The van der Waals surface area contributed by atoms with Crippen molar-refractivity contribution < 1.29 is 33.7 Å². The zero-order valence-electron chi connectivity index (χ0n) is 14.4. The molecule has 1 aromatic carbocycles. The Morgan fingerprint density at radius 1 is 1.20 bits per heavy atom. The number of morpholine rings is 1. The Hall–Kier alpha value is -2.19. The van der Waals surface area contributed by atoms with Crippen LogP contribution in [0.25, 0.3) is 0 Å². The molecule has 1 aromatic rings. The van der Waals surface area contributed by atoms with E-state index in [4.69, 9.17) is 29.3 Å². The SMILES string of the molecule is CC1CN(CCCOc2ccccc2F)CC(C)O1.O=C(O)C(=O)O. The van der Waals surface area contributed by atoms with Gasteiger partial charge in [0.15, 0.2) is 11.6 Å². The van der Waals surface area contributed by atoms with Crippen LogP contribution in [0.5, 0.6) is 5.75 Å². The third kappa shape index (κ3) is 8.46. The number of nitrogens with zero attached hydrogens (tertiary/aromatic N) is 1. The lowest BCUT2D eigenvalue weighted by atomic mass is 10.2. The van der Waals surface area contributed by atoms with Gasteiger partial charge in [-0.15, -0.1) is 0 Å². The molecule has 0 amide bonds. The van der Waals surface area contributed by atoms with E-state index >= 15 is 0 Å². The zero-order chi connectivity index (χ0) is 18.8. The fourth-order valence-electron chi connectivity index (χ4n) is 2.50. The number of carboxylic acid groups (broad SMARTS) is 2. The molecule has 0 spiro atoms. The van der Waals surface area contributed by atoms with E-state index in [1.807, 2.05) is 0 Å². The topological polar surface area (TPSA) is 96.3 Å². The number of carbonyl (C=O) groups is 2. The summed E-state index contributed by atoms with van der Waals surface area (Å²) in [5.41, 5.74) is 0. The quantitative estimate of drug-likeness (QED) is 0.613. The number of para-hydroxylation sites is 1. The van der Waals surface area contributed by atoms with Gasteiger partial charge in [-0.25, -0.2) is 14.0 Å². The number of hydrogen-bond donors (Lipinski definition) is 2. The number of halogens is 1. The Morgan fingerprint density at radius 2 is 1.76 bits per heavy atom. The number of hydrogen-bond acceptors (Lipinski definition) is 5. The van der Waals surface area contributed by atoms with Gasteiger partial charge in [0.25, 0.3) is 0 Å². The molecule has 0 saturated carbocycles. The Kier molecular flexibility index (Phi) is 8.87. The second kappa shape index (κ2) is 10.6. The first-order valence-electron chi connectivity index (χ1n) is 8.01. The molecule has 1 aliphatic heterocycles. The molecule has 7 nitrogen and oxygen atoms in total. The Morgan fingerprint density at radius 3 is 2.28 bits per heavy atom. The lowest BCUT2D eigenvalue weighted by Crippen LogP contribution is -2.45. The van der Waals surface area contributed by atoms with E-state index in [9.17, 15) is 4.39 Å². The Bertz CT molecular complexity index is 546. The van der Waals surface area contributed by atoms with E-state index in [0.29, 0.717) is 12.4 Å². The van der Waals surface area contributed by atoms with Crippen LogP contribution in [0, 0.1) is 5.82 Å². The zero-order valence-corrected chi connectivity index (χ0v) is 14.4. The summed E-state index contributed by atoms with van der Waals surface area (Å²) in [7, 11) is 0. The van der Waals surface area contributed by atoms with Crippen LogP contribution in [0.15, 0.2) is 24.3 Å². The predicted molar refractivity (Wildman–Crippen MR) is 88.2 cm³/mol. The van der Waals surface area contributed by atoms with Gasteiger partial charge in [-0.1, -0.05) is 12.1 Å². The minimum absolute atomic E-state index is 0.288. The van der Waals surface area contributed by atoms with Gasteiger partial charge in [0, 0.05) is 19.6 Å². The van der Waals surface area contributed by atoms with Crippen molar-refractivity contribution in [3.8, 4) is 5.75 Å². The number of rotatable bonds is 5. The fraction of sp³-hybridized carbons (Fsp3) is 0.529. The van der Waals surface area contributed by atoms with Crippen molar-refractivity contribution in [1.29, 1.82) is 0 Å². The van der Waals surface area contributed by atoms with Gasteiger partial charge in [-0.3, -0.25) is 4.90 Å². The van der Waals surface area contributed by atoms with Gasteiger partial charge in [0.1, 0.15) is 0 Å². The van der Waals surface area contributed by atoms with Crippen LogP contribution in [0.4, 0.5) is 4.39 Å². The summed E-state index contributed by atoms with van der Waals surface area (Å²) in [6, 6.07) is 6.53. The third-order valence-corrected chi connectivity index (χ3v) is 3.39. The van der Waals surface area contributed by atoms with Gasteiger partial charge in [0.2, 0.25) is 0 Å². The molecule has 0 radical (unpaired) electrons. The monoisotopic (exact) mass is 357 g/mol. The summed E-state index contributed by atoms with van der Waals surface area (Å²) in [5.74, 6) is -3.60. The minimum atomic E-state index is -1.82. The molecule has 2 rings (SSSR count). The number of ether oxygens (including phenoxy) is 2. The summed E-state index contributed by atoms with van der Waals surface area (Å²) in [5, 5.41) is 14.8. The summed E-state index contributed by atoms with van der Waals surface area (Å²) >= 11 is 0. The highest BCUT2D eigenvalue weighted by Gasteiger charge is 2.21.